The highest BCUT2D eigenvalue weighted by Gasteiger charge is 2.10. The van der Waals surface area contributed by atoms with E-state index in [4.69, 9.17) is 4.74 Å². The minimum absolute atomic E-state index is 0.196. The molecule has 0 bridgehead atoms. The van der Waals surface area contributed by atoms with Crippen LogP contribution >= 0.6 is 0 Å². The Morgan fingerprint density at radius 3 is 2.31 bits per heavy atom. The third-order valence-corrected chi connectivity index (χ3v) is 2.09. The molecular formula is C11H14F3NO. The third kappa shape index (κ3) is 3.41. The Balaban J connectivity index is 2.61. The number of rotatable bonds is 5. The van der Waals surface area contributed by atoms with Crippen molar-refractivity contribution in [2.75, 3.05) is 25.6 Å². The first kappa shape index (κ1) is 12.8. The van der Waals surface area contributed by atoms with Crippen LogP contribution in [0.25, 0.3) is 0 Å². The van der Waals surface area contributed by atoms with Gasteiger partial charge < -0.3 is 10.1 Å². The van der Waals surface area contributed by atoms with Crippen LogP contribution in [0, 0.1) is 23.4 Å². The van der Waals surface area contributed by atoms with Gasteiger partial charge in [0.05, 0.1) is 6.61 Å². The Morgan fingerprint density at radius 1 is 1.25 bits per heavy atom. The van der Waals surface area contributed by atoms with Crippen molar-refractivity contribution in [3.63, 3.8) is 0 Å². The highest BCUT2D eigenvalue weighted by molar-refractivity contribution is 5.44. The normalized spacial score (nSPS) is 12.6. The van der Waals surface area contributed by atoms with Gasteiger partial charge in [-0.15, -0.1) is 0 Å². The number of hydrogen-bond donors (Lipinski definition) is 1. The maximum absolute atomic E-state index is 12.8. The number of halogens is 3. The highest BCUT2D eigenvalue weighted by Crippen LogP contribution is 2.17. The molecule has 2 nitrogen and oxygen atoms in total. The zero-order valence-electron chi connectivity index (χ0n) is 9.19. The van der Waals surface area contributed by atoms with Gasteiger partial charge in [-0.2, -0.15) is 0 Å². The van der Waals surface area contributed by atoms with Crippen LogP contribution in [-0.2, 0) is 4.74 Å². The molecule has 0 saturated heterocycles. The van der Waals surface area contributed by atoms with Gasteiger partial charge in [0.2, 0.25) is 0 Å². The number of hydrogen-bond acceptors (Lipinski definition) is 2. The van der Waals surface area contributed by atoms with Gasteiger partial charge in [-0.25, -0.2) is 13.2 Å². The van der Waals surface area contributed by atoms with Gasteiger partial charge in [-0.05, 0) is 5.92 Å². The van der Waals surface area contributed by atoms with Gasteiger partial charge in [0.25, 0.3) is 0 Å². The molecule has 1 aromatic carbocycles. The number of nitrogens with one attached hydrogen (secondary N) is 1. The molecule has 0 aliphatic carbocycles. The molecule has 0 amide bonds. The summed E-state index contributed by atoms with van der Waals surface area (Å²) in [7, 11) is 1.58. The lowest BCUT2D eigenvalue weighted by Crippen LogP contribution is -2.16. The first-order chi connectivity index (χ1) is 7.54. The van der Waals surface area contributed by atoms with E-state index in [1.54, 1.807) is 7.11 Å². The van der Waals surface area contributed by atoms with Gasteiger partial charge >= 0.3 is 0 Å². The number of ether oxygens (including phenoxy) is 1. The van der Waals surface area contributed by atoms with E-state index in [1.807, 2.05) is 6.92 Å². The summed E-state index contributed by atoms with van der Waals surface area (Å²) in [5.41, 5.74) is 0.222. The van der Waals surface area contributed by atoms with Crippen LogP contribution in [0.3, 0.4) is 0 Å². The average molecular weight is 233 g/mol. The number of methoxy groups -OCH3 is 1. The van der Waals surface area contributed by atoms with Crippen molar-refractivity contribution in [2.24, 2.45) is 5.92 Å². The monoisotopic (exact) mass is 233 g/mol. The van der Waals surface area contributed by atoms with Gasteiger partial charge in [0.15, 0.2) is 17.5 Å². The fourth-order valence-electron chi connectivity index (χ4n) is 1.29. The molecular weight excluding hydrogens is 219 g/mol. The summed E-state index contributed by atoms with van der Waals surface area (Å²) in [6.45, 7) is 2.96. The summed E-state index contributed by atoms with van der Waals surface area (Å²) >= 11 is 0. The van der Waals surface area contributed by atoms with E-state index in [0.29, 0.717) is 13.2 Å². The van der Waals surface area contributed by atoms with Crippen molar-refractivity contribution in [1.82, 2.24) is 0 Å². The minimum Gasteiger partial charge on any atom is -0.385 e. The molecule has 5 heteroatoms. The van der Waals surface area contributed by atoms with Crippen LogP contribution in [0.15, 0.2) is 12.1 Å². The van der Waals surface area contributed by atoms with Crippen molar-refractivity contribution in [1.29, 1.82) is 0 Å². The number of anilines is 1. The fourth-order valence-corrected chi connectivity index (χ4v) is 1.29. The SMILES string of the molecule is COCC(C)CNc1cc(F)c(F)c(F)c1. The molecule has 0 aliphatic heterocycles. The van der Waals surface area contributed by atoms with Crippen LogP contribution < -0.4 is 5.32 Å². The van der Waals surface area contributed by atoms with E-state index >= 15 is 0 Å². The Hall–Kier alpha value is -1.23. The topological polar surface area (TPSA) is 21.3 Å². The predicted molar refractivity (Wildman–Crippen MR) is 55.8 cm³/mol. The predicted octanol–water partition coefficient (Wildman–Crippen LogP) is 2.80. The van der Waals surface area contributed by atoms with E-state index < -0.39 is 17.5 Å². The smallest absolute Gasteiger partial charge is 0.194 e. The van der Waals surface area contributed by atoms with Crippen LogP contribution in [0.2, 0.25) is 0 Å². The maximum atomic E-state index is 12.8. The van der Waals surface area contributed by atoms with Crippen LogP contribution in [0.1, 0.15) is 6.92 Å². The molecule has 16 heavy (non-hydrogen) atoms. The van der Waals surface area contributed by atoms with Gasteiger partial charge in [0, 0.05) is 31.5 Å². The Kier molecular flexibility index (Phi) is 4.61. The van der Waals surface area contributed by atoms with E-state index in [1.165, 1.54) is 0 Å². The molecule has 1 N–H and O–H groups in total. The molecule has 90 valence electrons. The lowest BCUT2D eigenvalue weighted by atomic mass is 10.2. The van der Waals surface area contributed by atoms with Gasteiger partial charge in [-0.1, -0.05) is 6.92 Å². The fraction of sp³-hybridized carbons (Fsp3) is 0.455. The summed E-state index contributed by atoms with van der Waals surface area (Å²) in [6.07, 6.45) is 0. The molecule has 1 aromatic rings. The molecule has 0 saturated carbocycles. The zero-order valence-corrected chi connectivity index (χ0v) is 9.19. The zero-order chi connectivity index (χ0) is 12.1. The lowest BCUT2D eigenvalue weighted by Gasteiger charge is -2.12. The number of benzene rings is 1. The van der Waals surface area contributed by atoms with Crippen LogP contribution in [0.5, 0.6) is 0 Å². The summed E-state index contributed by atoms with van der Waals surface area (Å²) in [6, 6.07) is 1.86. The molecule has 0 aromatic heterocycles. The molecule has 0 fully saturated rings. The first-order valence-electron chi connectivity index (χ1n) is 4.92. The highest BCUT2D eigenvalue weighted by atomic mass is 19.2. The standard InChI is InChI=1S/C11H14F3NO/c1-7(6-16-2)5-15-8-3-9(12)11(14)10(13)4-8/h3-4,7,15H,5-6H2,1-2H3. The van der Waals surface area contributed by atoms with Crippen molar-refractivity contribution in [3.05, 3.63) is 29.6 Å². The summed E-state index contributed by atoms with van der Waals surface area (Å²) in [5, 5.41) is 2.81. The van der Waals surface area contributed by atoms with E-state index in [-0.39, 0.29) is 11.6 Å². The van der Waals surface area contributed by atoms with E-state index in [0.717, 1.165) is 12.1 Å². The Labute approximate surface area is 92.4 Å². The molecule has 1 rings (SSSR count). The second kappa shape index (κ2) is 5.75. The summed E-state index contributed by atoms with van der Waals surface area (Å²) in [5.74, 6) is -3.64. The van der Waals surface area contributed by atoms with Gasteiger partial charge in [0.1, 0.15) is 0 Å². The van der Waals surface area contributed by atoms with Crippen LogP contribution in [-0.4, -0.2) is 20.3 Å². The third-order valence-electron chi connectivity index (χ3n) is 2.09. The molecule has 0 heterocycles. The van der Waals surface area contributed by atoms with E-state index in [9.17, 15) is 13.2 Å². The average Bonchev–Trinajstić information content (AvgIpc) is 2.23. The van der Waals surface area contributed by atoms with Gasteiger partial charge in [-0.3, -0.25) is 0 Å². The Bertz CT molecular complexity index is 334. The quantitative estimate of drug-likeness (QED) is 0.789. The lowest BCUT2D eigenvalue weighted by molar-refractivity contribution is 0.164. The maximum Gasteiger partial charge on any atom is 0.194 e. The molecule has 0 radical (unpaired) electrons. The molecule has 1 unspecified atom stereocenters. The first-order valence-corrected chi connectivity index (χ1v) is 4.92. The van der Waals surface area contributed by atoms with Crippen molar-refractivity contribution in [2.45, 2.75) is 6.92 Å². The minimum atomic E-state index is -1.45. The second-order valence-electron chi connectivity index (χ2n) is 3.70. The molecule has 0 spiro atoms. The van der Waals surface area contributed by atoms with Crippen molar-refractivity contribution < 1.29 is 17.9 Å². The van der Waals surface area contributed by atoms with Crippen molar-refractivity contribution in [3.8, 4) is 0 Å². The molecule has 1 atom stereocenters. The van der Waals surface area contributed by atoms with E-state index in [2.05, 4.69) is 5.32 Å². The van der Waals surface area contributed by atoms with Crippen LogP contribution in [0.4, 0.5) is 18.9 Å². The summed E-state index contributed by atoms with van der Waals surface area (Å²) < 4.78 is 43.2. The summed E-state index contributed by atoms with van der Waals surface area (Å²) in [4.78, 5) is 0. The second-order valence-corrected chi connectivity index (χ2v) is 3.70. The van der Waals surface area contributed by atoms with Crippen molar-refractivity contribution >= 4 is 5.69 Å². The Morgan fingerprint density at radius 2 is 1.81 bits per heavy atom. The molecule has 0 aliphatic rings. The largest absolute Gasteiger partial charge is 0.385 e.